The minimum atomic E-state index is -1.48. The zero-order chi connectivity index (χ0) is 14.5. The molecule has 0 spiro atoms. The molecule has 6 heteroatoms. The Balaban J connectivity index is 1.98. The number of rotatable bonds is 5. The van der Waals surface area contributed by atoms with Gasteiger partial charge < -0.3 is 19.4 Å². The largest absolute Gasteiger partial charge is 0.491 e. The van der Waals surface area contributed by atoms with Crippen LogP contribution in [0.4, 0.5) is 0 Å². The van der Waals surface area contributed by atoms with Crippen LogP contribution in [0.2, 0.25) is 0 Å². The third kappa shape index (κ3) is 3.49. The fourth-order valence-electron chi connectivity index (χ4n) is 1.89. The fourth-order valence-corrected chi connectivity index (χ4v) is 1.89. The van der Waals surface area contributed by atoms with Gasteiger partial charge in [0.25, 0.3) is 5.56 Å². The fraction of sp³-hybridized carbons (Fsp3) is 0.214. The van der Waals surface area contributed by atoms with Gasteiger partial charge in [-0.2, -0.15) is 0 Å². The second-order valence-electron chi connectivity index (χ2n) is 4.48. The van der Waals surface area contributed by atoms with Crippen LogP contribution in [0.15, 0.2) is 47.4 Å². The molecule has 0 unspecified atom stereocenters. The molecule has 5 nitrogen and oxygen atoms in total. The summed E-state index contributed by atoms with van der Waals surface area (Å²) in [5.41, 5.74) is 1.18. The van der Waals surface area contributed by atoms with Crippen molar-refractivity contribution in [1.29, 1.82) is 0 Å². The lowest BCUT2D eigenvalue weighted by atomic mass is 9.79. The zero-order valence-corrected chi connectivity index (χ0v) is 11.2. The summed E-state index contributed by atoms with van der Waals surface area (Å²) in [6.45, 7) is 2.66. The molecule has 0 fully saturated rings. The van der Waals surface area contributed by atoms with Crippen LogP contribution >= 0.6 is 0 Å². The normalized spacial score (nSPS) is 10.3. The molecule has 0 bridgehead atoms. The predicted octanol–water partition coefficient (Wildman–Crippen LogP) is -0.0845. The number of ether oxygens (including phenoxy) is 1. The molecule has 0 aliphatic rings. The van der Waals surface area contributed by atoms with E-state index in [4.69, 9.17) is 14.8 Å². The molecule has 0 aliphatic carbocycles. The Labute approximate surface area is 117 Å². The summed E-state index contributed by atoms with van der Waals surface area (Å²) >= 11 is 0. The van der Waals surface area contributed by atoms with Crippen LogP contribution in [-0.4, -0.2) is 28.3 Å². The third-order valence-electron chi connectivity index (χ3n) is 2.99. The number of hydrogen-bond donors (Lipinski definition) is 2. The summed E-state index contributed by atoms with van der Waals surface area (Å²) in [4.78, 5) is 11.5. The van der Waals surface area contributed by atoms with Crippen molar-refractivity contribution in [2.45, 2.75) is 13.5 Å². The van der Waals surface area contributed by atoms with Crippen LogP contribution in [-0.2, 0) is 6.54 Å². The van der Waals surface area contributed by atoms with Gasteiger partial charge in [-0.25, -0.2) is 0 Å². The Hall–Kier alpha value is -2.05. The van der Waals surface area contributed by atoms with E-state index >= 15 is 0 Å². The van der Waals surface area contributed by atoms with Crippen molar-refractivity contribution < 1.29 is 14.8 Å². The topological polar surface area (TPSA) is 71.7 Å². The summed E-state index contributed by atoms with van der Waals surface area (Å²) in [6, 6.07) is 9.95. The summed E-state index contributed by atoms with van der Waals surface area (Å²) in [5.74, 6) is 0.665. The van der Waals surface area contributed by atoms with Crippen molar-refractivity contribution in [3.05, 3.63) is 58.5 Å². The molecule has 0 atom stereocenters. The van der Waals surface area contributed by atoms with Gasteiger partial charge in [-0.1, -0.05) is 18.2 Å². The van der Waals surface area contributed by atoms with E-state index in [1.165, 1.54) is 6.07 Å². The Morgan fingerprint density at radius 2 is 2.05 bits per heavy atom. The van der Waals surface area contributed by atoms with Gasteiger partial charge in [0.15, 0.2) is 0 Å². The molecule has 0 radical (unpaired) electrons. The number of aryl methyl sites for hydroxylation is 1. The molecule has 0 saturated carbocycles. The molecule has 0 aliphatic heterocycles. The van der Waals surface area contributed by atoms with Gasteiger partial charge in [0, 0.05) is 12.3 Å². The Morgan fingerprint density at radius 3 is 2.70 bits per heavy atom. The number of nitrogens with zero attached hydrogens (tertiary/aromatic N) is 1. The summed E-state index contributed by atoms with van der Waals surface area (Å²) in [6.07, 6.45) is 1.71. The van der Waals surface area contributed by atoms with Crippen molar-refractivity contribution in [2.24, 2.45) is 0 Å². The smallest absolute Gasteiger partial charge is 0.488 e. The van der Waals surface area contributed by atoms with Crippen molar-refractivity contribution >= 4 is 12.6 Å². The lowest BCUT2D eigenvalue weighted by Crippen LogP contribution is -2.29. The molecule has 0 saturated heterocycles. The molecular formula is C14H16BNO4. The second kappa shape index (κ2) is 6.41. The highest BCUT2D eigenvalue weighted by Crippen LogP contribution is 2.15. The third-order valence-corrected chi connectivity index (χ3v) is 2.99. The number of hydrogen-bond acceptors (Lipinski definition) is 4. The average molecular weight is 273 g/mol. The first-order valence-corrected chi connectivity index (χ1v) is 6.33. The maximum atomic E-state index is 11.5. The van der Waals surface area contributed by atoms with Crippen LogP contribution in [0.5, 0.6) is 5.75 Å². The van der Waals surface area contributed by atoms with Crippen molar-refractivity contribution in [1.82, 2.24) is 4.57 Å². The molecule has 2 rings (SSSR count). The highest BCUT2D eigenvalue weighted by molar-refractivity contribution is 6.58. The van der Waals surface area contributed by atoms with E-state index in [0.29, 0.717) is 24.4 Å². The van der Waals surface area contributed by atoms with Gasteiger partial charge in [-0.05, 0) is 30.1 Å². The standard InChI is InChI=1S/C14H16BNO4/c1-11-10-12(15(18)19)5-6-13(11)20-9-8-16-7-3-2-4-14(16)17/h2-7,10,18-19H,8-9H2,1H3. The van der Waals surface area contributed by atoms with E-state index < -0.39 is 7.12 Å². The molecular weight excluding hydrogens is 257 g/mol. The van der Waals surface area contributed by atoms with Crippen molar-refractivity contribution in [2.75, 3.05) is 6.61 Å². The van der Waals surface area contributed by atoms with Crippen LogP contribution in [0, 0.1) is 6.92 Å². The highest BCUT2D eigenvalue weighted by atomic mass is 16.5. The zero-order valence-electron chi connectivity index (χ0n) is 11.2. The van der Waals surface area contributed by atoms with Crippen LogP contribution in [0.3, 0.4) is 0 Å². The molecule has 1 aromatic heterocycles. The first kappa shape index (κ1) is 14.4. The summed E-state index contributed by atoms with van der Waals surface area (Å²) in [5, 5.41) is 18.1. The van der Waals surface area contributed by atoms with Crippen LogP contribution in [0.25, 0.3) is 0 Å². The molecule has 20 heavy (non-hydrogen) atoms. The Bertz CT molecular complexity index is 639. The van der Waals surface area contributed by atoms with E-state index in [9.17, 15) is 4.79 Å². The molecule has 2 aromatic rings. The molecule has 1 heterocycles. The molecule has 104 valence electrons. The van der Waals surface area contributed by atoms with Gasteiger partial charge in [0.05, 0.1) is 6.54 Å². The van der Waals surface area contributed by atoms with Gasteiger partial charge in [0.2, 0.25) is 0 Å². The SMILES string of the molecule is Cc1cc(B(O)O)ccc1OCCn1ccccc1=O. The van der Waals surface area contributed by atoms with Crippen LogP contribution < -0.4 is 15.8 Å². The van der Waals surface area contributed by atoms with Gasteiger partial charge >= 0.3 is 7.12 Å². The first-order valence-electron chi connectivity index (χ1n) is 6.33. The summed E-state index contributed by atoms with van der Waals surface area (Å²) < 4.78 is 7.18. The van der Waals surface area contributed by atoms with E-state index in [1.807, 2.05) is 6.92 Å². The molecule has 1 aromatic carbocycles. The minimum Gasteiger partial charge on any atom is -0.491 e. The number of pyridine rings is 1. The minimum absolute atomic E-state index is 0.0634. The number of aromatic nitrogens is 1. The van der Waals surface area contributed by atoms with Crippen LogP contribution in [0.1, 0.15) is 5.56 Å². The predicted molar refractivity (Wildman–Crippen MR) is 77.2 cm³/mol. The lowest BCUT2D eigenvalue weighted by Gasteiger charge is -2.11. The van der Waals surface area contributed by atoms with Gasteiger partial charge in [-0.3, -0.25) is 4.79 Å². The molecule has 2 N–H and O–H groups in total. The van der Waals surface area contributed by atoms with E-state index in [2.05, 4.69) is 0 Å². The van der Waals surface area contributed by atoms with E-state index in [0.717, 1.165) is 5.56 Å². The first-order chi connectivity index (χ1) is 9.58. The maximum absolute atomic E-state index is 11.5. The van der Waals surface area contributed by atoms with Crippen molar-refractivity contribution in [3.8, 4) is 5.75 Å². The number of benzene rings is 1. The average Bonchev–Trinajstić information content (AvgIpc) is 2.42. The monoisotopic (exact) mass is 273 g/mol. The van der Waals surface area contributed by atoms with Crippen molar-refractivity contribution in [3.63, 3.8) is 0 Å². The Kier molecular flexibility index (Phi) is 4.60. The van der Waals surface area contributed by atoms with E-state index in [1.54, 1.807) is 41.1 Å². The van der Waals surface area contributed by atoms with Gasteiger partial charge in [0.1, 0.15) is 12.4 Å². The highest BCUT2D eigenvalue weighted by Gasteiger charge is 2.12. The van der Waals surface area contributed by atoms with E-state index in [-0.39, 0.29) is 5.56 Å². The lowest BCUT2D eigenvalue weighted by molar-refractivity contribution is 0.294. The maximum Gasteiger partial charge on any atom is 0.488 e. The quantitative estimate of drug-likeness (QED) is 0.747. The van der Waals surface area contributed by atoms with Gasteiger partial charge in [-0.15, -0.1) is 0 Å². The summed E-state index contributed by atoms with van der Waals surface area (Å²) in [7, 11) is -1.48. The second-order valence-corrected chi connectivity index (χ2v) is 4.48. The Morgan fingerprint density at radius 1 is 1.25 bits per heavy atom. The molecule has 0 amide bonds.